The highest BCUT2D eigenvalue weighted by molar-refractivity contribution is 5.93. The van der Waals surface area contributed by atoms with Gasteiger partial charge in [0.1, 0.15) is 31.0 Å². The van der Waals surface area contributed by atoms with Gasteiger partial charge in [0.05, 0.1) is 20.8 Å². The van der Waals surface area contributed by atoms with Gasteiger partial charge in [-0.15, -0.1) is 0 Å². The fourth-order valence-corrected chi connectivity index (χ4v) is 4.19. The molecule has 0 bridgehead atoms. The van der Waals surface area contributed by atoms with Crippen LogP contribution in [0.25, 0.3) is 6.08 Å². The number of allylic oxidation sites excluding steroid dienone is 1. The Morgan fingerprint density at radius 2 is 1.76 bits per heavy atom. The van der Waals surface area contributed by atoms with Gasteiger partial charge in [0.15, 0.2) is 23.6 Å². The Kier molecular flexibility index (Phi) is 9.34. The van der Waals surface area contributed by atoms with E-state index >= 15 is 0 Å². The van der Waals surface area contributed by atoms with Crippen LogP contribution in [0.1, 0.15) is 25.8 Å². The highest BCUT2D eigenvalue weighted by Gasteiger charge is 2.45. The molecule has 0 aromatic heterocycles. The first-order valence-corrected chi connectivity index (χ1v) is 11.9. The first-order valence-electron chi connectivity index (χ1n) is 11.9. The summed E-state index contributed by atoms with van der Waals surface area (Å²) in [5, 5.41) is 41.0. The predicted octanol–water partition coefficient (Wildman–Crippen LogP) is 1.27. The lowest BCUT2D eigenvalue weighted by molar-refractivity contribution is -0.299. The minimum atomic E-state index is -1.63. The van der Waals surface area contributed by atoms with Crippen molar-refractivity contribution < 1.29 is 53.7 Å². The fourth-order valence-electron chi connectivity index (χ4n) is 4.19. The van der Waals surface area contributed by atoms with Gasteiger partial charge in [0.25, 0.3) is 0 Å². The van der Waals surface area contributed by atoms with E-state index in [1.54, 1.807) is 0 Å². The Labute approximate surface area is 220 Å². The van der Waals surface area contributed by atoms with Gasteiger partial charge < -0.3 is 44.1 Å². The highest BCUT2D eigenvalue weighted by atomic mass is 16.7. The van der Waals surface area contributed by atoms with E-state index in [0.29, 0.717) is 23.1 Å². The number of ether oxygens (including phenoxy) is 5. The Balaban J connectivity index is 1.61. The summed E-state index contributed by atoms with van der Waals surface area (Å²) in [6, 6.07) is 2.97. The fraction of sp³-hybridized carbons (Fsp3) is 0.481. The van der Waals surface area contributed by atoms with E-state index in [4.69, 9.17) is 23.7 Å². The molecule has 38 heavy (non-hydrogen) atoms. The minimum absolute atomic E-state index is 0.0800. The number of esters is 1. The monoisotopic (exact) mass is 534 g/mol. The van der Waals surface area contributed by atoms with Gasteiger partial charge in [-0.05, 0) is 46.4 Å². The van der Waals surface area contributed by atoms with Crippen LogP contribution in [0.15, 0.2) is 42.0 Å². The van der Waals surface area contributed by atoms with Crippen LogP contribution in [-0.2, 0) is 23.8 Å². The number of aliphatic hydroxyl groups is 3. The van der Waals surface area contributed by atoms with Gasteiger partial charge in [0.2, 0.25) is 5.75 Å². The molecule has 1 aromatic rings. The molecule has 3 rings (SSSR count). The van der Waals surface area contributed by atoms with E-state index in [9.17, 15) is 30.0 Å². The molecule has 1 fully saturated rings. The van der Waals surface area contributed by atoms with Crippen LogP contribution in [0.4, 0.5) is 0 Å². The average Bonchev–Trinajstić information content (AvgIpc) is 2.87. The molecule has 11 nitrogen and oxygen atoms in total. The molecule has 5 atom stereocenters. The number of rotatable bonds is 9. The second kappa shape index (κ2) is 12.1. The van der Waals surface area contributed by atoms with Crippen molar-refractivity contribution in [3.05, 3.63) is 47.6 Å². The SMILES string of the molecule is C=C1C(COC2OC(COC(=O)C=Cc3cc(OC)c(O)c(OC)c3)C(O)C(O)C2O)=CC(=O)CC1(C)C. The Bertz CT molecular complexity index is 1100. The number of carbonyl (C=O) groups excluding carboxylic acids is 2. The molecule has 0 radical (unpaired) electrons. The number of benzene rings is 1. The summed E-state index contributed by atoms with van der Waals surface area (Å²) in [5.74, 6) is -0.752. The molecule has 1 aliphatic carbocycles. The molecule has 1 heterocycles. The number of phenolic OH excluding ortho intramolecular Hbond substituents is 1. The van der Waals surface area contributed by atoms with E-state index in [1.165, 1.54) is 38.5 Å². The second-order valence-electron chi connectivity index (χ2n) is 9.74. The molecular formula is C27H34O11. The van der Waals surface area contributed by atoms with Gasteiger partial charge in [-0.3, -0.25) is 4.79 Å². The normalized spacial score (nSPS) is 27.2. The van der Waals surface area contributed by atoms with E-state index < -0.39 is 48.7 Å². The van der Waals surface area contributed by atoms with E-state index in [2.05, 4.69) is 6.58 Å². The van der Waals surface area contributed by atoms with Crippen molar-refractivity contribution in [2.75, 3.05) is 27.4 Å². The number of phenols is 1. The molecule has 1 aliphatic heterocycles. The molecule has 5 unspecified atom stereocenters. The van der Waals surface area contributed by atoms with E-state index in [-0.39, 0.29) is 29.6 Å². The zero-order valence-electron chi connectivity index (χ0n) is 21.7. The lowest BCUT2D eigenvalue weighted by atomic mass is 9.73. The summed E-state index contributed by atoms with van der Waals surface area (Å²) >= 11 is 0. The van der Waals surface area contributed by atoms with Crippen LogP contribution in [0.5, 0.6) is 17.2 Å². The van der Waals surface area contributed by atoms with Crippen molar-refractivity contribution in [3.63, 3.8) is 0 Å². The number of hydrogen-bond donors (Lipinski definition) is 4. The molecular weight excluding hydrogens is 500 g/mol. The molecule has 1 aromatic carbocycles. The van der Waals surface area contributed by atoms with Crippen LogP contribution >= 0.6 is 0 Å². The summed E-state index contributed by atoms with van der Waals surface area (Å²) in [7, 11) is 2.74. The maximum Gasteiger partial charge on any atom is 0.330 e. The molecule has 208 valence electrons. The van der Waals surface area contributed by atoms with Gasteiger partial charge in [-0.1, -0.05) is 20.4 Å². The number of methoxy groups -OCH3 is 2. The van der Waals surface area contributed by atoms with Crippen LogP contribution in [0.2, 0.25) is 0 Å². The van der Waals surface area contributed by atoms with Crippen LogP contribution in [-0.4, -0.2) is 90.3 Å². The molecule has 0 spiro atoms. The van der Waals surface area contributed by atoms with Gasteiger partial charge in [-0.2, -0.15) is 0 Å². The second-order valence-corrected chi connectivity index (χ2v) is 9.74. The lowest BCUT2D eigenvalue weighted by Gasteiger charge is -2.40. The molecule has 2 aliphatic rings. The Morgan fingerprint density at radius 3 is 2.37 bits per heavy atom. The van der Waals surface area contributed by atoms with Crippen LogP contribution in [0, 0.1) is 5.41 Å². The first-order chi connectivity index (χ1) is 17.9. The van der Waals surface area contributed by atoms with Gasteiger partial charge in [-0.25, -0.2) is 4.79 Å². The zero-order chi connectivity index (χ0) is 28.2. The third-order valence-electron chi connectivity index (χ3n) is 6.53. The van der Waals surface area contributed by atoms with Crippen molar-refractivity contribution in [2.24, 2.45) is 5.41 Å². The smallest absolute Gasteiger partial charge is 0.330 e. The Hall–Kier alpha value is -3.22. The summed E-state index contributed by atoms with van der Waals surface area (Å²) < 4.78 is 26.5. The summed E-state index contributed by atoms with van der Waals surface area (Å²) in [5.41, 5.74) is 1.28. The minimum Gasteiger partial charge on any atom is -0.502 e. The number of aliphatic hydroxyl groups excluding tert-OH is 3. The van der Waals surface area contributed by atoms with Crippen molar-refractivity contribution in [1.82, 2.24) is 0 Å². The third kappa shape index (κ3) is 6.61. The summed E-state index contributed by atoms with van der Waals surface area (Å²) in [6.45, 7) is 7.25. The van der Waals surface area contributed by atoms with Crippen LogP contribution < -0.4 is 9.47 Å². The lowest BCUT2D eigenvalue weighted by Crippen LogP contribution is -2.59. The van der Waals surface area contributed by atoms with E-state index in [0.717, 1.165) is 6.08 Å². The average molecular weight is 535 g/mol. The molecule has 1 saturated heterocycles. The van der Waals surface area contributed by atoms with Gasteiger partial charge >= 0.3 is 5.97 Å². The number of hydrogen-bond acceptors (Lipinski definition) is 11. The standard InChI is InChI=1S/C27H34O11/c1-14-16(10-17(28)11-27(14,2)3)12-37-26-25(33)24(32)23(31)20(38-26)13-36-21(29)7-6-15-8-18(34-4)22(30)19(9-15)35-5/h6-10,20,23-26,30-33H,1,11-13H2,2-5H3. The van der Waals surface area contributed by atoms with Crippen molar-refractivity contribution >= 4 is 17.8 Å². The van der Waals surface area contributed by atoms with Gasteiger partial charge in [0, 0.05) is 12.5 Å². The van der Waals surface area contributed by atoms with Crippen LogP contribution in [0.3, 0.4) is 0 Å². The predicted molar refractivity (Wildman–Crippen MR) is 134 cm³/mol. The summed E-state index contributed by atoms with van der Waals surface area (Å²) in [6.07, 6.45) is -3.08. The molecule has 0 amide bonds. The molecule has 0 saturated carbocycles. The Morgan fingerprint density at radius 1 is 1.13 bits per heavy atom. The van der Waals surface area contributed by atoms with Crippen molar-refractivity contribution in [1.29, 1.82) is 0 Å². The maximum atomic E-state index is 12.3. The largest absolute Gasteiger partial charge is 0.502 e. The summed E-state index contributed by atoms with van der Waals surface area (Å²) in [4.78, 5) is 24.3. The maximum absolute atomic E-state index is 12.3. The number of carbonyl (C=O) groups is 2. The van der Waals surface area contributed by atoms with Crippen molar-refractivity contribution in [3.8, 4) is 17.2 Å². The first kappa shape index (κ1) is 29.3. The quantitative estimate of drug-likeness (QED) is 0.267. The molecule has 4 N–H and O–H groups in total. The van der Waals surface area contributed by atoms with Crippen molar-refractivity contribution in [2.45, 2.75) is 51.0 Å². The topological polar surface area (TPSA) is 161 Å². The van der Waals surface area contributed by atoms with E-state index in [1.807, 2.05) is 13.8 Å². The number of aromatic hydroxyl groups is 1. The molecule has 11 heteroatoms. The number of ketones is 1. The zero-order valence-corrected chi connectivity index (χ0v) is 21.7. The highest BCUT2D eigenvalue weighted by Crippen LogP contribution is 2.39. The third-order valence-corrected chi connectivity index (χ3v) is 6.53.